The van der Waals surface area contributed by atoms with Gasteiger partial charge < -0.3 is 29.7 Å². The Morgan fingerprint density at radius 2 is 1.62 bits per heavy atom. The fourth-order valence-corrected chi connectivity index (χ4v) is 5.07. The van der Waals surface area contributed by atoms with E-state index in [-0.39, 0.29) is 0 Å². The Balaban J connectivity index is 1.57. The number of hydrogen-bond donors (Lipinski definition) is 2. The molecule has 2 aromatic carbocycles. The van der Waals surface area contributed by atoms with Crippen LogP contribution in [0.3, 0.4) is 0 Å². The van der Waals surface area contributed by atoms with E-state index in [2.05, 4.69) is 27.2 Å². The first-order chi connectivity index (χ1) is 14.2. The molecule has 152 valence electrons. The molecule has 0 amide bonds. The van der Waals surface area contributed by atoms with Gasteiger partial charge in [-0.2, -0.15) is 0 Å². The van der Waals surface area contributed by atoms with Crippen molar-refractivity contribution in [1.29, 1.82) is 0 Å². The highest BCUT2D eigenvalue weighted by atomic mass is 32.2. The second-order valence-corrected chi connectivity index (χ2v) is 8.33. The Kier molecular flexibility index (Phi) is 4.99. The molecule has 0 saturated carbocycles. The van der Waals surface area contributed by atoms with Crippen LogP contribution in [-0.2, 0) is 9.47 Å². The monoisotopic (exact) mass is 413 g/mol. The zero-order chi connectivity index (χ0) is 19.8. The van der Waals surface area contributed by atoms with Crippen molar-refractivity contribution in [2.75, 3.05) is 67.7 Å². The summed E-state index contributed by atoms with van der Waals surface area (Å²) in [4.78, 5) is 18.2. The Bertz CT molecular complexity index is 940. The maximum atomic E-state index is 11.3. The molecule has 29 heavy (non-hydrogen) atoms. The molecule has 3 aliphatic heterocycles. The number of carbonyl (C=O) groups is 1. The molecule has 2 aromatic rings. The first-order valence-corrected chi connectivity index (χ1v) is 10.7. The summed E-state index contributed by atoms with van der Waals surface area (Å²) < 4.78 is 11.1. The maximum Gasteiger partial charge on any atom is 0.335 e. The van der Waals surface area contributed by atoms with Gasteiger partial charge in [0.25, 0.3) is 0 Å². The van der Waals surface area contributed by atoms with Crippen LogP contribution < -0.4 is 15.1 Å². The number of rotatable bonds is 3. The third kappa shape index (κ3) is 3.52. The number of nitrogens with one attached hydrogen (secondary N) is 1. The lowest BCUT2D eigenvalue weighted by Gasteiger charge is -2.38. The van der Waals surface area contributed by atoms with Crippen molar-refractivity contribution in [2.45, 2.75) is 9.79 Å². The molecule has 0 spiro atoms. The molecule has 0 aromatic heterocycles. The van der Waals surface area contributed by atoms with E-state index < -0.39 is 5.97 Å². The molecule has 0 unspecified atom stereocenters. The number of nitrogens with zero attached hydrogens (tertiary/aromatic N) is 2. The summed E-state index contributed by atoms with van der Waals surface area (Å²) in [6, 6.07) is 9.58. The lowest BCUT2D eigenvalue weighted by molar-refractivity contribution is 0.0696. The van der Waals surface area contributed by atoms with Gasteiger partial charge in [-0.3, -0.25) is 0 Å². The van der Waals surface area contributed by atoms with Crippen molar-refractivity contribution in [3.63, 3.8) is 0 Å². The van der Waals surface area contributed by atoms with Crippen LogP contribution in [0.25, 0.3) is 0 Å². The minimum Gasteiger partial charge on any atom is -0.478 e. The molecule has 7 nitrogen and oxygen atoms in total. The Morgan fingerprint density at radius 1 is 0.931 bits per heavy atom. The van der Waals surface area contributed by atoms with Gasteiger partial charge in [-0.25, -0.2) is 4.79 Å². The molecule has 2 saturated heterocycles. The molecule has 8 heteroatoms. The zero-order valence-electron chi connectivity index (χ0n) is 16.0. The predicted molar refractivity (Wildman–Crippen MR) is 113 cm³/mol. The largest absolute Gasteiger partial charge is 0.478 e. The van der Waals surface area contributed by atoms with Gasteiger partial charge in [0.2, 0.25) is 0 Å². The first kappa shape index (κ1) is 18.6. The van der Waals surface area contributed by atoms with Gasteiger partial charge in [-0.15, -0.1) is 0 Å². The molecule has 3 heterocycles. The third-order valence-corrected chi connectivity index (χ3v) is 6.62. The minimum absolute atomic E-state index is 0.305. The maximum absolute atomic E-state index is 11.3. The minimum atomic E-state index is -0.907. The second kappa shape index (κ2) is 7.78. The van der Waals surface area contributed by atoms with Gasteiger partial charge in [0.15, 0.2) is 0 Å². The van der Waals surface area contributed by atoms with Gasteiger partial charge in [0.05, 0.1) is 54.7 Å². The van der Waals surface area contributed by atoms with Crippen LogP contribution in [0.15, 0.2) is 40.1 Å². The van der Waals surface area contributed by atoms with E-state index in [1.165, 1.54) is 11.4 Å². The third-order valence-electron chi connectivity index (χ3n) is 5.51. The molecular formula is C21H23N3O4S. The van der Waals surface area contributed by atoms with Gasteiger partial charge >= 0.3 is 5.97 Å². The Hall–Kier alpha value is -2.42. The molecule has 0 bridgehead atoms. The number of morpholine rings is 2. The van der Waals surface area contributed by atoms with E-state index in [1.807, 2.05) is 6.07 Å². The van der Waals surface area contributed by atoms with Crippen LogP contribution in [0, 0.1) is 0 Å². The number of fused-ring (bicyclic) bond motifs is 2. The molecular weight excluding hydrogens is 390 g/mol. The number of anilines is 4. The molecule has 0 atom stereocenters. The van der Waals surface area contributed by atoms with Crippen LogP contribution >= 0.6 is 11.8 Å². The van der Waals surface area contributed by atoms with Crippen LogP contribution in [0.2, 0.25) is 0 Å². The fourth-order valence-electron chi connectivity index (χ4n) is 4.03. The first-order valence-electron chi connectivity index (χ1n) is 9.85. The number of benzene rings is 2. The SMILES string of the molecule is O=C(O)c1ccc2c(c1)Sc1ccc(N3CCOCC3)c(N3CCOCC3)c1N2. The zero-order valence-corrected chi connectivity index (χ0v) is 16.8. The topological polar surface area (TPSA) is 74.3 Å². The van der Waals surface area contributed by atoms with Crippen molar-refractivity contribution in [1.82, 2.24) is 0 Å². The van der Waals surface area contributed by atoms with Crippen molar-refractivity contribution < 1.29 is 19.4 Å². The predicted octanol–water partition coefficient (Wildman–Crippen LogP) is 3.27. The average Bonchev–Trinajstić information content (AvgIpc) is 2.77. The van der Waals surface area contributed by atoms with E-state index in [0.29, 0.717) is 5.56 Å². The molecule has 0 aliphatic carbocycles. The van der Waals surface area contributed by atoms with Crippen molar-refractivity contribution >= 4 is 40.5 Å². The standard InChI is InChI=1S/C21H23N3O4S/c25-21(26)14-1-2-15-18(13-14)29-17-4-3-16(23-5-9-27-10-6-23)20(19(17)22-15)24-7-11-28-12-8-24/h1-4,13,22H,5-12H2,(H,25,26). The Morgan fingerprint density at radius 3 is 2.31 bits per heavy atom. The van der Waals surface area contributed by atoms with Crippen molar-refractivity contribution in [3.05, 3.63) is 35.9 Å². The molecule has 2 fully saturated rings. The summed E-state index contributed by atoms with van der Waals surface area (Å²) in [5.41, 5.74) is 4.76. The summed E-state index contributed by atoms with van der Waals surface area (Å²) in [7, 11) is 0. The highest BCUT2D eigenvalue weighted by Gasteiger charge is 2.28. The van der Waals surface area contributed by atoms with E-state index in [9.17, 15) is 9.90 Å². The van der Waals surface area contributed by atoms with Gasteiger partial charge in [-0.05, 0) is 30.3 Å². The second-order valence-electron chi connectivity index (χ2n) is 7.25. The molecule has 3 aliphatic rings. The van der Waals surface area contributed by atoms with E-state index in [0.717, 1.165) is 73.8 Å². The van der Waals surface area contributed by atoms with Crippen LogP contribution in [0.1, 0.15) is 10.4 Å². The summed E-state index contributed by atoms with van der Waals surface area (Å²) >= 11 is 1.62. The molecule has 0 radical (unpaired) electrons. The van der Waals surface area contributed by atoms with Gasteiger partial charge in [-0.1, -0.05) is 11.8 Å². The summed E-state index contributed by atoms with van der Waals surface area (Å²) in [5.74, 6) is -0.907. The van der Waals surface area contributed by atoms with Crippen molar-refractivity contribution in [3.8, 4) is 0 Å². The lowest BCUT2D eigenvalue weighted by Crippen LogP contribution is -2.40. The highest BCUT2D eigenvalue weighted by molar-refractivity contribution is 7.99. The number of hydrogen-bond acceptors (Lipinski definition) is 7. The number of ether oxygens (including phenoxy) is 2. The molecule has 2 N–H and O–H groups in total. The van der Waals surface area contributed by atoms with Gasteiger partial charge in [0.1, 0.15) is 0 Å². The number of carboxylic acids is 1. The number of carboxylic acid groups (broad SMARTS) is 1. The smallest absolute Gasteiger partial charge is 0.335 e. The Labute approximate surface area is 173 Å². The molecule has 5 rings (SSSR count). The summed E-state index contributed by atoms with van der Waals surface area (Å²) in [6.07, 6.45) is 0. The van der Waals surface area contributed by atoms with Crippen LogP contribution in [0.4, 0.5) is 22.7 Å². The van der Waals surface area contributed by atoms with Crippen LogP contribution in [-0.4, -0.2) is 63.7 Å². The van der Waals surface area contributed by atoms with Crippen LogP contribution in [0.5, 0.6) is 0 Å². The van der Waals surface area contributed by atoms with E-state index in [1.54, 1.807) is 23.9 Å². The fraction of sp³-hybridized carbons (Fsp3) is 0.381. The highest BCUT2D eigenvalue weighted by Crippen LogP contribution is 2.51. The van der Waals surface area contributed by atoms with Crippen molar-refractivity contribution in [2.24, 2.45) is 0 Å². The number of aromatic carboxylic acids is 1. The van der Waals surface area contributed by atoms with E-state index in [4.69, 9.17) is 9.47 Å². The summed E-state index contributed by atoms with van der Waals surface area (Å²) in [6.45, 7) is 6.38. The summed E-state index contributed by atoms with van der Waals surface area (Å²) in [5, 5.41) is 12.9. The normalized spacial score (nSPS) is 18.6. The lowest BCUT2D eigenvalue weighted by atomic mass is 10.1. The quantitative estimate of drug-likeness (QED) is 0.678. The van der Waals surface area contributed by atoms with E-state index >= 15 is 0 Å². The average molecular weight is 413 g/mol. The van der Waals surface area contributed by atoms with Gasteiger partial charge in [0, 0.05) is 36.0 Å².